The second-order valence-corrected chi connectivity index (χ2v) is 12.0. The van der Waals surface area contributed by atoms with E-state index in [1.165, 1.54) is 47.4 Å². The van der Waals surface area contributed by atoms with E-state index >= 15 is 0 Å². The molecule has 35 heavy (non-hydrogen) atoms. The Hall–Kier alpha value is -2.78. The van der Waals surface area contributed by atoms with Crippen LogP contribution in [0.15, 0.2) is 49.5 Å². The molecule has 0 bridgehead atoms. The van der Waals surface area contributed by atoms with Crippen LogP contribution >= 0.6 is 23.1 Å². The van der Waals surface area contributed by atoms with Crippen molar-refractivity contribution in [1.82, 2.24) is 15.2 Å². The van der Waals surface area contributed by atoms with Gasteiger partial charge in [-0.05, 0) is 24.6 Å². The number of nitrogens with one attached hydrogen (secondary N) is 1. The molecule has 1 fully saturated rings. The average molecular weight is 539 g/mol. The molecule has 0 saturated carbocycles. The van der Waals surface area contributed by atoms with Gasteiger partial charge in [-0.2, -0.15) is 0 Å². The molecule has 14 heteroatoms. The lowest BCUT2D eigenvalue weighted by Gasteiger charge is -2.46. The number of thioether (sulfide) groups is 1. The van der Waals surface area contributed by atoms with Gasteiger partial charge in [0, 0.05) is 22.7 Å². The Balaban J connectivity index is 1.44. The van der Waals surface area contributed by atoms with E-state index in [9.17, 15) is 33.0 Å². The molecule has 1 aromatic carbocycles. The number of β-lactam (4-membered cyclic amide) rings is 1. The number of primary sulfonamides is 1. The van der Waals surface area contributed by atoms with Crippen LogP contribution < -0.4 is 10.5 Å². The highest BCUT2D eigenvalue weighted by Crippen LogP contribution is 2.52. The van der Waals surface area contributed by atoms with E-state index in [-0.39, 0.29) is 28.7 Å². The summed E-state index contributed by atoms with van der Waals surface area (Å²) in [5.41, 5.74) is 0.690. The number of sulfonamides is 1. The van der Waals surface area contributed by atoms with E-state index in [1.54, 1.807) is 12.3 Å². The molecule has 4 rings (SSSR count). The monoisotopic (exact) mass is 538 g/mol. The average Bonchev–Trinajstić information content (AvgIpc) is 3.33. The van der Waals surface area contributed by atoms with Crippen molar-refractivity contribution in [2.24, 2.45) is 17.0 Å². The number of fused-ring (bicyclic) bond motifs is 1. The summed E-state index contributed by atoms with van der Waals surface area (Å²) in [5, 5.41) is 29.0. The summed E-state index contributed by atoms with van der Waals surface area (Å²) < 4.78 is 23.1. The first-order valence-electron chi connectivity index (χ1n) is 10.4. The Morgan fingerprint density at radius 3 is 2.54 bits per heavy atom. The number of nitrogens with zero attached hydrogens (tertiary/aromatic N) is 2. The number of rotatable bonds is 8. The number of hydrogen-bond acceptors (Lipinski definition) is 9. The van der Waals surface area contributed by atoms with Gasteiger partial charge in [-0.3, -0.25) is 9.59 Å². The SMILES string of the molecule is C[C@@H](O)[C@H]1C(=O)N2C(C(=O)O)=C(Sc3nc(C(=O)NCc4ccc(S(N)(=O)=O)cc4)cs3)[C@H](C)[C@H]12. The van der Waals surface area contributed by atoms with Crippen molar-refractivity contribution in [1.29, 1.82) is 0 Å². The molecule has 3 heterocycles. The zero-order chi connectivity index (χ0) is 25.7. The van der Waals surface area contributed by atoms with Crippen molar-refractivity contribution in [2.75, 3.05) is 0 Å². The third-order valence-corrected chi connectivity index (χ3v) is 9.08. The Bertz CT molecular complexity index is 1330. The second kappa shape index (κ2) is 9.35. The fraction of sp³-hybridized carbons (Fsp3) is 0.333. The quantitative estimate of drug-likeness (QED) is 0.356. The number of aliphatic carboxylic acids is 1. The molecule has 2 aliphatic rings. The van der Waals surface area contributed by atoms with Crippen molar-refractivity contribution in [2.45, 2.75) is 41.8 Å². The number of hydrogen-bond donors (Lipinski definition) is 4. The molecular weight excluding hydrogens is 516 g/mol. The van der Waals surface area contributed by atoms with Crippen LogP contribution in [0, 0.1) is 11.8 Å². The number of carbonyl (C=O) groups excluding carboxylic acids is 2. The number of carbonyl (C=O) groups is 3. The topological polar surface area (TPSA) is 180 Å². The first-order valence-corrected chi connectivity index (χ1v) is 13.7. The van der Waals surface area contributed by atoms with Crippen LogP contribution in [0.2, 0.25) is 0 Å². The number of amides is 2. The number of aliphatic hydroxyl groups excluding tert-OH is 1. The molecule has 2 aliphatic heterocycles. The molecule has 186 valence electrons. The molecular formula is C21H22N4O7S3. The van der Waals surface area contributed by atoms with E-state index in [2.05, 4.69) is 10.3 Å². The summed E-state index contributed by atoms with van der Waals surface area (Å²) >= 11 is 2.27. The minimum absolute atomic E-state index is 0.0313. The molecule has 2 amide bonds. The first kappa shape index (κ1) is 25.3. The molecule has 0 aliphatic carbocycles. The van der Waals surface area contributed by atoms with E-state index in [0.29, 0.717) is 14.8 Å². The Morgan fingerprint density at radius 1 is 1.31 bits per heavy atom. The second-order valence-electron chi connectivity index (χ2n) is 8.24. The van der Waals surface area contributed by atoms with Gasteiger partial charge in [0.25, 0.3) is 5.91 Å². The number of aliphatic hydroxyl groups is 1. The summed E-state index contributed by atoms with van der Waals surface area (Å²) in [6.45, 7) is 3.45. The predicted octanol–water partition coefficient (Wildman–Crippen LogP) is 0.966. The summed E-state index contributed by atoms with van der Waals surface area (Å²) in [6, 6.07) is 5.34. The summed E-state index contributed by atoms with van der Waals surface area (Å²) in [5.74, 6) is -3.08. The summed E-state index contributed by atoms with van der Waals surface area (Å²) in [4.78, 5) is 42.8. The standard InChI is InChI=1S/C21H22N4O7S3/c1-9-15-14(10(2)26)19(28)25(15)16(20(29)30)17(9)34-21-24-13(8-33-21)18(27)23-7-11-3-5-12(6-4-11)35(22,31)32/h3-6,8-10,14-15,26H,7H2,1-2H3,(H,23,27)(H,29,30)(H2,22,31,32)/t9-,10-,14-,15-/m1/s1. The largest absolute Gasteiger partial charge is 0.477 e. The third kappa shape index (κ3) is 4.71. The number of benzene rings is 1. The van der Waals surface area contributed by atoms with Gasteiger partial charge in [0.2, 0.25) is 15.9 Å². The zero-order valence-corrected chi connectivity index (χ0v) is 21.0. The molecule has 5 N–H and O–H groups in total. The van der Waals surface area contributed by atoms with Crippen LogP contribution in [0.4, 0.5) is 0 Å². The number of aromatic nitrogens is 1. The molecule has 1 aromatic heterocycles. The van der Waals surface area contributed by atoms with Gasteiger partial charge in [0.15, 0.2) is 4.34 Å². The minimum atomic E-state index is -3.80. The van der Waals surface area contributed by atoms with Gasteiger partial charge < -0.3 is 20.4 Å². The van der Waals surface area contributed by atoms with E-state index < -0.39 is 45.9 Å². The van der Waals surface area contributed by atoms with Crippen molar-refractivity contribution < 1.29 is 33.0 Å². The van der Waals surface area contributed by atoms with Crippen LogP contribution in [0.5, 0.6) is 0 Å². The lowest BCUT2D eigenvalue weighted by molar-refractivity contribution is -0.163. The lowest BCUT2D eigenvalue weighted by Crippen LogP contribution is -2.63. The van der Waals surface area contributed by atoms with Crippen LogP contribution in [-0.2, 0) is 26.2 Å². The van der Waals surface area contributed by atoms with Gasteiger partial charge in [-0.25, -0.2) is 23.3 Å². The van der Waals surface area contributed by atoms with Crippen LogP contribution in [0.25, 0.3) is 0 Å². The maximum absolute atomic E-state index is 12.5. The van der Waals surface area contributed by atoms with Crippen LogP contribution in [0.1, 0.15) is 29.9 Å². The minimum Gasteiger partial charge on any atom is -0.477 e. The highest BCUT2D eigenvalue weighted by Gasteiger charge is 2.60. The maximum atomic E-state index is 12.5. The van der Waals surface area contributed by atoms with Gasteiger partial charge >= 0.3 is 5.97 Å². The Morgan fingerprint density at radius 2 is 1.97 bits per heavy atom. The van der Waals surface area contributed by atoms with Crippen molar-refractivity contribution >= 4 is 50.9 Å². The zero-order valence-electron chi connectivity index (χ0n) is 18.5. The molecule has 0 unspecified atom stereocenters. The fourth-order valence-corrected chi connectivity index (χ4v) is 6.81. The van der Waals surface area contributed by atoms with E-state index in [4.69, 9.17) is 5.14 Å². The van der Waals surface area contributed by atoms with E-state index in [1.807, 2.05) is 0 Å². The molecule has 2 aromatic rings. The van der Waals surface area contributed by atoms with Crippen molar-refractivity contribution in [3.8, 4) is 0 Å². The highest BCUT2D eigenvalue weighted by molar-refractivity contribution is 8.04. The van der Waals surface area contributed by atoms with Crippen molar-refractivity contribution in [3.05, 3.63) is 51.5 Å². The molecule has 0 spiro atoms. The fourth-order valence-electron chi connectivity index (χ4n) is 4.23. The summed E-state index contributed by atoms with van der Waals surface area (Å²) in [7, 11) is -3.80. The van der Waals surface area contributed by atoms with E-state index in [0.717, 1.165) is 11.8 Å². The lowest BCUT2D eigenvalue weighted by atomic mass is 9.79. The predicted molar refractivity (Wildman–Crippen MR) is 127 cm³/mol. The molecule has 11 nitrogen and oxygen atoms in total. The van der Waals surface area contributed by atoms with Gasteiger partial charge in [0.05, 0.1) is 23.0 Å². The van der Waals surface area contributed by atoms with Crippen LogP contribution in [0.3, 0.4) is 0 Å². The van der Waals surface area contributed by atoms with Crippen molar-refractivity contribution in [3.63, 3.8) is 0 Å². The molecule has 4 atom stereocenters. The Labute approximate surface area is 209 Å². The van der Waals surface area contributed by atoms with Gasteiger partial charge in [-0.1, -0.05) is 30.8 Å². The summed E-state index contributed by atoms with van der Waals surface area (Å²) in [6.07, 6.45) is -0.892. The van der Waals surface area contributed by atoms with Gasteiger partial charge in [-0.15, -0.1) is 11.3 Å². The highest BCUT2D eigenvalue weighted by atomic mass is 32.2. The molecule has 0 radical (unpaired) electrons. The number of carboxylic acids is 1. The third-order valence-electron chi connectivity index (χ3n) is 5.93. The Kier molecular flexibility index (Phi) is 6.76. The first-order chi connectivity index (χ1) is 16.4. The number of carboxylic acid groups (broad SMARTS) is 1. The van der Waals surface area contributed by atoms with Gasteiger partial charge in [0.1, 0.15) is 11.4 Å². The number of thiazole rings is 1. The van der Waals surface area contributed by atoms with Crippen LogP contribution in [-0.4, -0.2) is 58.4 Å². The normalized spacial score (nSPS) is 22.6. The molecule has 1 saturated heterocycles. The maximum Gasteiger partial charge on any atom is 0.353 e. The number of nitrogens with two attached hydrogens (primary N) is 1. The smallest absolute Gasteiger partial charge is 0.353 e.